The highest BCUT2D eigenvalue weighted by Crippen LogP contribution is 2.17. The number of benzene rings is 3. The summed E-state index contributed by atoms with van der Waals surface area (Å²) in [4.78, 5) is 4.56. The normalized spacial score (nSPS) is 10.8. The van der Waals surface area contributed by atoms with Crippen LogP contribution in [0.4, 0.5) is 11.4 Å². The third kappa shape index (κ3) is 7.36. The van der Waals surface area contributed by atoms with Crippen LogP contribution >= 0.6 is 23.8 Å². The molecule has 0 aliphatic heterocycles. The Kier molecular flexibility index (Phi) is 9.04. The largest absolute Gasteiger partial charge is 0.375 e. The Hall–Kier alpha value is -3.28. The van der Waals surface area contributed by atoms with E-state index in [0.29, 0.717) is 0 Å². The van der Waals surface area contributed by atoms with E-state index in [4.69, 9.17) is 23.8 Å². The van der Waals surface area contributed by atoms with Crippen molar-refractivity contribution in [3.63, 3.8) is 0 Å². The number of anilines is 2. The first-order valence-electron chi connectivity index (χ1n) is 12.3. The summed E-state index contributed by atoms with van der Waals surface area (Å²) >= 11 is 12.0. The smallest absolute Gasteiger partial charge is 0.173 e. The molecule has 1 N–H and O–H groups in total. The van der Waals surface area contributed by atoms with E-state index >= 15 is 0 Å². The average Bonchev–Trinajstić information content (AvgIpc) is 3.31. The van der Waals surface area contributed by atoms with Gasteiger partial charge >= 0.3 is 0 Å². The van der Waals surface area contributed by atoms with Crippen LogP contribution in [0.3, 0.4) is 0 Å². The lowest BCUT2D eigenvalue weighted by molar-refractivity contribution is 0.399. The number of aryl methyl sites for hydroxylation is 1. The van der Waals surface area contributed by atoms with Gasteiger partial charge in [0.2, 0.25) is 0 Å². The predicted molar refractivity (Wildman–Crippen MR) is 157 cm³/mol. The van der Waals surface area contributed by atoms with E-state index in [0.717, 1.165) is 48.4 Å². The van der Waals surface area contributed by atoms with Crippen molar-refractivity contribution in [1.82, 2.24) is 9.47 Å². The maximum atomic E-state index is 6.08. The van der Waals surface area contributed by atoms with Crippen LogP contribution in [0.5, 0.6) is 0 Å². The standard InChI is InChI=1S/C30H33ClN4S/c1-24-9-6-10-27(21-24)32-30(36)35(20-8-18-33(2)28-11-4-3-5-12-28)23-29-13-7-19-34(29)22-25-14-16-26(31)17-15-25/h3-7,9-17,19,21H,8,18,20,22-23H2,1-2H3,(H,32,36). The maximum Gasteiger partial charge on any atom is 0.173 e. The lowest BCUT2D eigenvalue weighted by Gasteiger charge is -2.28. The Bertz CT molecular complexity index is 1250. The van der Waals surface area contributed by atoms with Gasteiger partial charge in [-0.2, -0.15) is 0 Å². The van der Waals surface area contributed by atoms with Gasteiger partial charge in [-0.05, 0) is 85.2 Å². The summed E-state index contributed by atoms with van der Waals surface area (Å²) in [6.07, 6.45) is 3.11. The van der Waals surface area contributed by atoms with E-state index in [1.165, 1.54) is 22.5 Å². The Morgan fingerprint density at radius 1 is 0.917 bits per heavy atom. The number of thiocarbonyl (C=S) groups is 1. The molecule has 0 spiro atoms. The van der Waals surface area contributed by atoms with Gasteiger partial charge in [-0.25, -0.2) is 0 Å². The van der Waals surface area contributed by atoms with Gasteiger partial charge in [-0.15, -0.1) is 0 Å². The molecule has 1 aromatic heterocycles. The third-order valence-electron chi connectivity index (χ3n) is 6.22. The van der Waals surface area contributed by atoms with Crippen LogP contribution in [0.2, 0.25) is 5.02 Å². The molecule has 0 saturated carbocycles. The summed E-state index contributed by atoms with van der Waals surface area (Å²) in [5.41, 5.74) is 5.88. The van der Waals surface area contributed by atoms with Crippen molar-refractivity contribution >= 4 is 40.3 Å². The maximum absolute atomic E-state index is 6.08. The lowest BCUT2D eigenvalue weighted by atomic mass is 10.2. The number of rotatable bonds is 10. The summed E-state index contributed by atoms with van der Waals surface area (Å²) in [5, 5.41) is 4.95. The first kappa shape index (κ1) is 25.8. The average molecular weight is 517 g/mol. The number of para-hydroxylation sites is 1. The van der Waals surface area contributed by atoms with Crippen LogP contribution in [-0.4, -0.2) is 34.7 Å². The Labute approximate surface area is 225 Å². The minimum atomic E-state index is 0.729. The minimum Gasteiger partial charge on any atom is -0.375 e. The van der Waals surface area contributed by atoms with Crippen molar-refractivity contribution in [2.75, 3.05) is 30.4 Å². The Balaban J connectivity index is 1.46. The number of hydrogen-bond acceptors (Lipinski definition) is 2. The first-order valence-corrected chi connectivity index (χ1v) is 13.0. The summed E-state index contributed by atoms with van der Waals surface area (Å²) in [5.74, 6) is 0. The van der Waals surface area contributed by atoms with Crippen LogP contribution in [-0.2, 0) is 13.1 Å². The summed E-state index contributed by atoms with van der Waals surface area (Å²) < 4.78 is 2.28. The van der Waals surface area contributed by atoms with E-state index in [9.17, 15) is 0 Å². The van der Waals surface area contributed by atoms with Crippen LogP contribution in [0, 0.1) is 6.92 Å². The zero-order valence-electron chi connectivity index (χ0n) is 20.9. The Morgan fingerprint density at radius 3 is 2.44 bits per heavy atom. The summed E-state index contributed by atoms with van der Waals surface area (Å²) in [7, 11) is 2.14. The summed E-state index contributed by atoms with van der Waals surface area (Å²) in [6.45, 7) is 5.41. The molecule has 0 saturated heterocycles. The van der Waals surface area contributed by atoms with Gasteiger partial charge in [0, 0.05) is 55.0 Å². The van der Waals surface area contributed by atoms with Crippen LogP contribution in [0.15, 0.2) is 97.2 Å². The number of hydrogen-bond donors (Lipinski definition) is 1. The van der Waals surface area contributed by atoms with Crippen molar-refractivity contribution in [2.45, 2.75) is 26.4 Å². The monoisotopic (exact) mass is 516 g/mol. The first-order chi connectivity index (χ1) is 17.5. The number of aromatic nitrogens is 1. The zero-order chi connectivity index (χ0) is 25.3. The van der Waals surface area contributed by atoms with Crippen molar-refractivity contribution < 1.29 is 0 Å². The highest BCUT2D eigenvalue weighted by atomic mass is 35.5. The van der Waals surface area contributed by atoms with Gasteiger partial charge in [-0.3, -0.25) is 0 Å². The molecule has 6 heteroatoms. The molecule has 0 atom stereocenters. The number of nitrogens with one attached hydrogen (secondary N) is 1. The quantitative estimate of drug-likeness (QED) is 0.225. The third-order valence-corrected chi connectivity index (χ3v) is 6.83. The molecule has 3 aromatic carbocycles. The van der Waals surface area contributed by atoms with Crippen molar-refractivity contribution in [1.29, 1.82) is 0 Å². The van der Waals surface area contributed by atoms with E-state index in [2.05, 4.69) is 113 Å². The fraction of sp³-hybridized carbons (Fsp3) is 0.233. The topological polar surface area (TPSA) is 23.4 Å². The molecule has 36 heavy (non-hydrogen) atoms. The number of halogens is 1. The fourth-order valence-corrected chi connectivity index (χ4v) is 4.62. The van der Waals surface area contributed by atoms with Crippen LogP contribution < -0.4 is 10.2 Å². The SMILES string of the molecule is Cc1cccc(NC(=S)N(CCCN(C)c2ccccc2)Cc2cccn2Cc2ccc(Cl)cc2)c1. The molecule has 0 bridgehead atoms. The molecule has 0 amide bonds. The second-order valence-corrected chi connectivity index (χ2v) is 9.91. The number of nitrogens with zero attached hydrogens (tertiary/aromatic N) is 3. The van der Waals surface area contributed by atoms with Gasteiger partial charge in [-0.1, -0.05) is 54.1 Å². The second-order valence-electron chi connectivity index (χ2n) is 9.09. The van der Waals surface area contributed by atoms with Crippen molar-refractivity contribution in [3.8, 4) is 0 Å². The molecule has 4 aromatic rings. The van der Waals surface area contributed by atoms with Gasteiger partial charge < -0.3 is 19.7 Å². The van der Waals surface area contributed by atoms with Gasteiger partial charge in [0.05, 0.1) is 6.54 Å². The molecule has 0 unspecified atom stereocenters. The van der Waals surface area contributed by atoms with E-state index in [1.807, 2.05) is 18.2 Å². The molecule has 0 aliphatic rings. The molecule has 4 nitrogen and oxygen atoms in total. The van der Waals surface area contributed by atoms with E-state index in [1.54, 1.807) is 0 Å². The predicted octanol–water partition coefficient (Wildman–Crippen LogP) is 7.22. The van der Waals surface area contributed by atoms with Crippen molar-refractivity contribution in [3.05, 3.63) is 119 Å². The fourth-order valence-electron chi connectivity index (χ4n) is 4.22. The lowest BCUT2D eigenvalue weighted by Crippen LogP contribution is -2.37. The molecule has 4 rings (SSSR count). The van der Waals surface area contributed by atoms with Crippen LogP contribution in [0.25, 0.3) is 0 Å². The van der Waals surface area contributed by atoms with E-state index in [-0.39, 0.29) is 0 Å². The summed E-state index contributed by atoms with van der Waals surface area (Å²) in [6, 6.07) is 31.1. The highest BCUT2D eigenvalue weighted by Gasteiger charge is 2.14. The molecular weight excluding hydrogens is 484 g/mol. The molecule has 0 radical (unpaired) electrons. The van der Waals surface area contributed by atoms with Crippen molar-refractivity contribution in [2.24, 2.45) is 0 Å². The highest BCUT2D eigenvalue weighted by molar-refractivity contribution is 7.80. The minimum absolute atomic E-state index is 0.729. The molecule has 0 fully saturated rings. The zero-order valence-corrected chi connectivity index (χ0v) is 22.5. The molecule has 1 heterocycles. The van der Waals surface area contributed by atoms with Gasteiger partial charge in [0.25, 0.3) is 0 Å². The van der Waals surface area contributed by atoms with E-state index < -0.39 is 0 Å². The van der Waals surface area contributed by atoms with Crippen LogP contribution in [0.1, 0.15) is 23.2 Å². The molecular formula is C30H33ClN4S. The Morgan fingerprint density at radius 2 is 1.69 bits per heavy atom. The molecule has 186 valence electrons. The van der Waals surface area contributed by atoms with Gasteiger partial charge in [0.1, 0.15) is 0 Å². The molecule has 0 aliphatic carbocycles. The second kappa shape index (κ2) is 12.6. The van der Waals surface area contributed by atoms with Gasteiger partial charge in [0.15, 0.2) is 5.11 Å².